The summed E-state index contributed by atoms with van der Waals surface area (Å²) >= 11 is 0. The van der Waals surface area contributed by atoms with Gasteiger partial charge in [-0.05, 0) is 6.92 Å². The Kier molecular flexibility index (Phi) is 7.07. The lowest BCUT2D eigenvalue weighted by molar-refractivity contribution is -0.458. The Balaban J connectivity index is 6.91. The molecule has 3 nitrogen and oxygen atoms in total. The minimum absolute atomic E-state index is 0.409. The predicted molar refractivity (Wildman–Crippen MR) is 61.2 cm³/mol. The van der Waals surface area contributed by atoms with E-state index in [0.29, 0.717) is 6.92 Å². The number of halogens is 17. The highest BCUT2D eigenvalue weighted by molar-refractivity contribution is 7.87. The maximum absolute atomic E-state index is 13.3. The molecule has 0 atom stereocenters. The van der Waals surface area contributed by atoms with Gasteiger partial charge in [-0.1, -0.05) is 0 Å². The fraction of sp³-hybridized carbons (Fsp3) is 1.00. The molecule has 0 aliphatic rings. The summed E-state index contributed by atoms with van der Waals surface area (Å²) in [6, 6.07) is 0. The average Bonchev–Trinajstić information content (AvgIpc) is 2.52. The number of alkyl halides is 17. The van der Waals surface area contributed by atoms with E-state index in [2.05, 4.69) is 4.18 Å². The smallest absolute Gasteiger partial charge is 0.266 e. The van der Waals surface area contributed by atoms with E-state index in [0.717, 1.165) is 0 Å². The topological polar surface area (TPSA) is 43.4 Å². The largest absolute Gasteiger partial charge is 0.460 e. The van der Waals surface area contributed by atoms with Crippen LogP contribution in [0, 0.1) is 0 Å². The van der Waals surface area contributed by atoms with E-state index < -0.39 is 63.7 Å². The van der Waals surface area contributed by atoms with Crippen LogP contribution in [0.25, 0.3) is 0 Å². The summed E-state index contributed by atoms with van der Waals surface area (Å²) in [6.07, 6.45) is -7.87. The van der Waals surface area contributed by atoms with E-state index in [-0.39, 0.29) is 0 Å². The lowest BCUT2D eigenvalue weighted by Gasteiger charge is -2.42. The third-order valence-corrected chi connectivity index (χ3v) is 4.71. The lowest BCUT2D eigenvalue weighted by atomic mass is 9.91. The molecule has 188 valence electrons. The van der Waals surface area contributed by atoms with Gasteiger partial charge in [0, 0.05) is 0 Å². The Bertz CT molecular complexity index is 766. The molecule has 0 radical (unpaired) electrons. The van der Waals surface area contributed by atoms with Crippen LogP contribution in [0.2, 0.25) is 0 Å². The molecule has 0 N–H and O–H groups in total. The molecule has 0 aliphatic carbocycles. The lowest BCUT2D eigenvalue weighted by Crippen LogP contribution is -2.75. The van der Waals surface area contributed by atoms with Crippen molar-refractivity contribution in [1.82, 2.24) is 0 Å². The first-order valence-electron chi connectivity index (χ1n) is 6.66. The van der Waals surface area contributed by atoms with Gasteiger partial charge in [0.15, 0.2) is 0 Å². The molecule has 0 amide bonds. The average molecular weight is 528 g/mol. The van der Waals surface area contributed by atoms with Crippen molar-refractivity contribution in [2.75, 3.05) is 6.61 Å². The van der Waals surface area contributed by atoms with Crippen LogP contribution in [-0.2, 0) is 14.3 Å². The Morgan fingerprint density at radius 3 is 1.03 bits per heavy atom. The van der Waals surface area contributed by atoms with E-state index >= 15 is 0 Å². The van der Waals surface area contributed by atoms with Gasteiger partial charge >= 0.3 is 57.1 Å². The van der Waals surface area contributed by atoms with Gasteiger partial charge in [-0.15, -0.1) is 0 Å². The van der Waals surface area contributed by atoms with Crippen molar-refractivity contribution in [2.24, 2.45) is 0 Å². The highest BCUT2D eigenvalue weighted by atomic mass is 32.2. The third kappa shape index (κ3) is 3.67. The van der Waals surface area contributed by atoms with Crippen LogP contribution in [0.15, 0.2) is 0 Å². The van der Waals surface area contributed by atoms with Gasteiger partial charge in [0.25, 0.3) is 0 Å². The first-order valence-corrected chi connectivity index (χ1v) is 8.07. The number of hydrogen-bond donors (Lipinski definition) is 0. The Morgan fingerprint density at radius 2 is 0.774 bits per heavy atom. The van der Waals surface area contributed by atoms with Gasteiger partial charge in [-0.2, -0.15) is 83.1 Å². The van der Waals surface area contributed by atoms with Crippen LogP contribution >= 0.6 is 0 Å². The van der Waals surface area contributed by atoms with Crippen LogP contribution in [0.3, 0.4) is 0 Å². The molecule has 0 aromatic rings. The zero-order valence-corrected chi connectivity index (χ0v) is 14.6. The summed E-state index contributed by atoms with van der Waals surface area (Å²) in [5.74, 6) is -51.6. The highest BCUT2D eigenvalue weighted by Crippen LogP contribution is 2.64. The second-order valence-electron chi connectivity index (χ2n) is 5.32. The minimum Gasteiger partial charge on any atom is -0.266 e. The van der Waals surface area contributed by atoms with Gasteiger partial charge in [0.2, 0.25) is 0 Å². The molecule has 0 aromatic heterocycles. The summed E-state index contributed by atoms with van der Waals surface area (Å²) in [7, 11) is -7.40. The molecule has 0 aromatic carbocycles. The molecule has 0 aliphatic heterocycles. The molecule has 21 heteroatoms. The summed E-state index contributed by atoms with van der Waals surface area (Å²) in [4.78, 5) is 0. The Morgan fingerprint density at radius 1 is 0.516 bits per heavy atom. The molecule has 0 spiro atoms. The van der Waals surface area contributed by atoms with Crippen LogP contribution < -0.4 is 0 Å². The zero-order chi connectivity index (χ0) is 25.9. The Hall–Kier alpha value is -1.28. The van der Waals surface area contributed by atoms with Crippen molar-refractivity contribution in [2.45, 2.75) is 53.9 Å². The molecule has 0 heterocycles. The third-order valence-electron chi connectivity index (χ3n) is 3.28. The minimum atomic E-state index is -8.84. The molecule has 0 fully saturated rings. The van der Waals surface area contributed by atoms with E-state index in [1.165, 1.54) is 0 Å². The van der Waals surface area contributed by atoms with E-state index in [9.17, 15) is 83.1 Å². The Labute approximate surface area is 159 Å². The van der Waals surface area contributed by atoms with Gasteiger partial charge in [-0.25, -0.2) is 0 Å². The van der Waals surface area contributed by atoms with Crippen molar-refractivity contribution in [3.05, 3.63) is 0 Å². The van der Waals surface area contributed by atoms with Crippen LogP contribution in [-0.4, -0.2) is 62.0 Å². The first-order chi connectivity index (χ1) is 13.1. The SMILES string of the molecule is CCOS(=O)(=O)C(F)(F)C(F)(F)C(F)(F)C(F)(F)C(F)(F)C(F)(F)C(F)(F)C(F)(F)F. The standard InChI is InChI=1S/C10H5F17O3S/c1-2-30-31(28,29)10(26,27)8(21,22)6(17,18)4(13,14)3(11,12)5(15,16)7(19,20)9(23,24)25/h2H2,1H3. The normalized spacial score (nSPS) is 16.6. The highest BCUT2D eigenvalue weighted by Gasteiger charge is 2.96. The molecule has 0 bridgehead atoms. The van der Waals surface area contributed by atoms with Gasteiger partial charge in [0.05, 0.1) is 6.61 Å². The molecule has 0 unspecified atom stereocenters. The van der Waals surface area contributed by atoms with Crippen molar-refractivity contribution in [3.8, 4) is 0 Å². The number of hydrogen-bond acceptors (Lipinski definition) is 3. The monoisotopic (exact) mass is 528 g/mol. The van der Waals surface area contributed by atoms with Crippen molar-refractivity contribution >= 4 is 10.1 Å². The second kappa shape index (κ2) is 7.37. The molecule has 31 heavy (non-hydrogen) atoms. The van der Waals surface area contributed by atoms with Crippen LogP contribution in [0.5, 0.6) is 0 Å². The van der Waals surface area contributed by atoms with Crippen LogP contribution in [0.4, 0.5) is 74.6 Å². The quantitative estimate of drug-likeness (QED) is 0.301. The summed E-state index contributed by atoms with van der Waals surface area (Å²) < 4.78 is 244. The molecular formula is C10H5F17O3S. The van der Waals surface area contributed by atoms with Crippen molar-refractivity contribution < 1.29 is 87.2 Å². The van der Waals surface area contributed by atoms with Crippen molar-refractivity contribution in [1.29, 1.82) is 0 Å². The van der Waals surface area contributed by atoms with Gasteiger partial charge < -0.3 is 0 Å². The van der Waals surface area contributed by atoms with E-state index in [1.807, 2.05) is 0 Å². The molecular weight excluding hydrogens is 523 g/mol. The summed E-state index contributed by atoms with van der Waals surface area (Å²) in [5, 5.41) is -7.61. The second-order valence-corrected chi connectivity index (χ2v) is 6.98. The van der Waals surface area contributed by atoms with Crippen molar-refractivity contribution in [3.63, 3.8) is 0 Å². The molecule has 0 rings (SSSR count). The first kappa shape index (κ1) is 29.7. The van der Waals surface area contributed by atoms with Crippen LogP contribution in [0.1, 0.15) is 6.92 Å². The maximum atomic E-state index is 13.3. The van der Waals surface area contributed by atoms with E-state index in [1.54, 1.807) is 0 Å². The fourth-order valence-electron chi connectivity index (χ4n) is 1.54. The van der Waals surface area contributed by atoms with Gasteiger partial charge in [-0.3, -0.25) is 4.18 Å². The van der Waals surface area contributed by atoms with E-state index in [4.69, 9.17) is 0 Å². The molecule has 0 saturated heterocycles. The fourth-order valence-corrected chi connectivity index (χ4v) is 2.44. The summed E-state index contributed by atoms with van der Waals surface area (Å²) in [5.41, 5.74) is 0. The predicted octanol–water partition coefficient (Wildman–Crippen LogP) is 5.32. The number of rotatable bonds is 9. The molecule has 0 saturated carbocycles. The zero-order valence-electron chi connectivity index (χ0n) is 13.8. The maximum Gasteiger partial charge on any atom is 0.460 e. The van der Waals surface area contributed by atoms with Gasteiger partial charge in [0.1, 0.15) is 0 Å². The summed E-state index contributed by atoms with van der Waals surface area (Å²) in [6.45, 7) is -1.17.